The first-order chi connectivity index (χ1) is 12.2. The third-order valence-electron chi connectivity index (χ3n) is 4.68. The predicted octanol–water partition coefficient (Wildman–Crippen LogP) is 1.28. The van der Waals surface area contributed by atoms with E-state index < -0.39 is 42.1 Å². The summed E-state index contributed by atoms with van der Waals surface area (Å²) in [4.78, 5) is 48.8. The zero-order valence-corrected chi connectivity index (χ0v) is 15.1. The number of allylic oxidation sites excluding steroid dienone is 2. The molecule has 0 spiro atoms. The van der Waals surface area contributed by atoms with Gasteiger partial charge in [0.05, 0.1) is 17.9 Å². The maximum absolute atomic E-state index is 12.7. The van der Waals surface area contributed by atoms with E-state index in [0.717, 1.165) is 6.08 Å². The summed E-state index contributed by atoms with van der Waals surface area (Å²) in [5.41, 5.74) is 0.526. The lowest BCUT2D eigenvalue weighted by atomic mass is 9.75. The number of rotatable bonds is 0. The number of carbonyl (C=O) groups excluding carboxylic acids is 4. The summed E-state index contributed by atoms with van der Waals surface area (Å²) in [5.74, 6) is -3.42. The first-order valence-corrected chi connectivity index (χ1v) is 8.70. The van der Waals surface area contributed by atoms with Crippen molar-refractivity contribution in [3.63, 3.8) is 0 Å². The first-order valence-electron chi connectivity index (χ1n) is 8.70. The van der Waals surface area contributed by atoms with E-state index in [2.05, 4.69) is 0 Å². The summed E-state index contributed by atoms with van der Waals surface area (Å²) in [7, 11) is 0. The smallest absolute Gasteiger partial charge is 0.330 e. The third-order valence-corrected chi connectivity index (χ3v) is 4.68. The molecule has 1 heterocycles. The molecule has 142 valence electrons. The van der Waals surface area contributed by atoms with Crippen LogP contribution < -0.4 is 0 Å². The summed E-state index contributed by atoms with van der Waals surface area (Å²) in [6.45, 7) is 4.78. The van der Waals surface area contributed by atoms with Crippen molar-refractivity contribution in [2.45, 2.75) is 58.3 Å². The molecule has 1 aliphatic heterocycles. The second-order valence-corrected chi connectivity index (χ2v) is 6.89. The molecule has 0 aromatic carbocycles. The van der Waals surface area contributed by atoms with Crippen LogP contribution in [-0.4, -0.2) is 46.9 Å². The average Bonchev–Trinajstić information content (AvgIpc) is 2.55. The number of aliphatic hydroxyl groups is 1. The van der Waals surface area contributed by atoms with Gasteiger partial charge in [-0.1, -0.05) is 5.57 Å². The van der Waals surface area contributed by atoms with Crippen LogP contribution in [0.2, 0.25) is 0 Å². The Morgan fingerprint density at radius 2 is 1.81 bits per heavy atom. The molecule has 7 nitrogen and oxygen atoms in total. The fraction of sp³-hybridized carbons (Fsp3) is 0.579. The number of cyclic esters (lactones) is 2. The first kappa shape index (κ1) is 20.0. The van der Waals surface area contributed by atoms with Gasteiger partial charge in [0.15, 0.2) is 5.78 Å². The van der Waals surface area contributed by atoms with E-state index >= 15 is 0 Å². The van der Waals surface area contributed by atoms with Crippen LogP contribution in [-0.2, 0) is 28.7 Å². The highest BCUT2D eigenvalue weighted by molar-refractivity contribution is 6.00. The summed E-state index contributed by atoms with van der Waals surface area (Å²) >= 11 is 0. The van der Waals surface area contributed by atoms with Crippen molar-refractivity contribution < 1.29 is 33.8 Å². The number of fused-ring (bicyclic) bond motifs is 1. The number of esters is 2. The van der Waals surface area contributed by atoms with E-state index in [1.807, 2.05) is 0 Å². The Labute approximate surface area is 152 Å². The Morgan fingerprint density at radius 1 is 1.12 bits per heavy atom. The van der Waals surface area contributed by atoms with Crippen molar-refractivity contribution in [1.82, 2.24) is 0 Å². The maximum atomic E-state index is 12.7. The van der Waals surface area contributed by atoms with Crippen LogP contribution in [0.15, 0.2) is 23.8 Å². The highest BCUT2D eigenvalue weighted by Gasteiger charge is 2.40. The summed E-state index contributed by atoms with van der Waals surface area (Å²) in [5, 5.41) is 10.0. The number of Topliss-reactive ketones (excluding diaryl/α,β-unsaturated/α-hetero) is 1. The molecule has 1 N–H and O–H groups in total. The SMILES string of the molecule is CC1=CC(=O)CC2C(=O)OC(C)C(O)C=CC(=O)OC(C)CCC(=O)C12. The van der Waals surface area contributed by atoms with Gasteiger partial charge in [0.1, 0.15) is 18.0 Å². The number of hydrogen-bond acceptors (Lipinski definition) is 7. The zero-order chi connectivity index (χ0) is 19.4. The van der Waals surface area contributed by atoms with Crippen LogP contribution >= 0.6 is 0 Å². The van der Waals surface area contributed by atoms with Gasteiger partial charge in [0.2, 0.25) is 0 Å². The van der Waals surface area contributed by atoms with E-state index in [1.165, 1.54) is 19.1 Å². The second kappa shape index (κ2) is 8.40. The molecule has 5 atom stereocenters. The van der Waals surface area contributed by atoms with Crippen molar-refractivity contribution in [2.24, 2.45) is 11.8 Å². The van der Waals surface area contributed by atoms with E-state index in [4.69, 9.17) is 9.47 Å². The average molecular weight is 364 g/mol. The molecule has 1 aliphatic carbocycles. The fourth-order valence-electron chi connectivity index (χ4n) is 3.22. The van der Waals surface area contributed by atoms with Gasteiger partial charge < -0.3 is 14.6 Å². The Morgan fingerprint density at radius 3 is 2.50 bits per heavy atom. The largest absolute Gasteiger partial charge is 0.460 e. The lowest BCUT2D eigenvalue weighted by molar-refractivity contribution is -0.161. The molecule has 0 amide bonds. The van der Waals surface area contributed by atoms with Crippen LogP contribution in [0.1, 0.15) is 40.0 Å². The molecule has 2 aliphatic rings. The number of hydrogen-bond donors (Lipinski definition) is 1. The third kappa shape index (κ3) is 4.88. The standard InChI is InChI=1S/C19H24O7/c1-10-8-13(20)9-14-18(10)16(22)5-4-11(2)25-17(23)7-6-15(21)12(3)26-19(14)24/h6-8,11-12,14-15,18,21H,4-5,9H2,1-3H3. The minimum Gasteiger partial charge on any atom is -0.460 e. The minimum atomic E-state index is -1.21. The van der Waals surface area contributed by atoms with Crippen LogP contribution in [0.4, 0.5) is 0 Å². The molecule has 0 aromatic rings. The zero-order valence-electron chi connectivity index (χ0n) is 15.1. The van der Waals surface area contributed by atoms with Crippen molar-refractivity contribution in [2.75, 3.05) is 0 Å². The summed E-state index contributed by atoms with van der Waals surface area (Å²) < 4.78 is 10.4. The van der Waals surface area contributed by atoms with Gasteiger partial charge in [-0.05, 0) is 39.3 Å². The lowest BCUT2D eigenvalue weighted by Crippen LogP contribution is -2.39. The molecule has 0 saturated heterocycles. The Bertz CT molecular complexity index is 661. The monoisotopic (exact) mass is 364 g/mol. The van der Waals surface area contributed by atoms with Gasteiger partial charge in [0.25, 0.3) is 0 Å². The second-order valence-electron chi connectivity index (χ2n) is 6.89. The van der Waals surface area contributed by atoms with Gasteiger partial charge in [-0.15, -0.1) is 0 Å². The van der Waals surface area contributed by atoms with Gasteiger partial charge in [-0.3, -0.25) is 14.4 Å². The van der Waals surface area contributed by atoms with E-state index in [0.29, 0.717) is 12.0 Å². The highest BCUT2D eigenvalue weighted by atomic mass is 16.6. The normalized spacial score (nSPS) is 34.3. The number of aliphatic hydroxyl groups excluding tert-OH is 1. The van der Waals surface area contributed by atoms with Crippen molar-refractivity contribution in [3.05, 3.63) is 23.8 Å². The number of ether oxygens (including phenoxy) is 2. The molecule has 0 fully saturated rings. The Hall–Kier alpha value is -2.28. The van der Waals surface area contributed by atoms with Crippen LogP contribution in [0.25, 0.3) is 0 Å². The van der Waals surface area contributed by atoms with E-state index in [9.17, 15) is 24.3 Å². The summed E-state index contributed by atoms with van der Waals surface area (Å²) in [6.07, 6.45) is 1.32. The minimum absolute atomic E-state index is 0.101. The molecular formula is C19H24O7. The van der Waals surface area contributed by atoms with Crippen LogP contribution in [0.3, 0.4) is 0 Å². The van der Waals surface area contributed by atoms with Gasteiger partial charge in [-0.25, -0.2) is 4.79 Å². The topological polar surface area (TPSA) is 107 Å². The van der Waals surface area contributed by atoms with Gasteiger partial charge >= 0.3 is 11.9 Å². The Balaban J connectivity index is 2.33. The molecule has 0 saturated carbocycles. The van der Waals surface area contributed by atoms with Gasteiger partial charge in [0, 0.05) is 18.9 Å². The fourth-order valence-corrected chi connectivity index (χ4v) is 3.22. The van der Waals surface area contributed by atoms with Crippen molar-refractivity contribution >= 4 is 23.5 Å². The number of carbonyl (C=O) groups is 4. The predicted molar refractivity (Wildman–Crippen MR) is 90.9 cm³/mol. The van der Waals surface area contributed by atoms with E-state index in [1.54, 1.807) is 13.8 Å². The molecule has 0 bridgehead atoms. The molecule has 7 heteroatoms. The van der Waals surface area contributed by atoms with Crippen molar-refractivity contribution in [1.29, 1.82) is 0 Å². The van der Waals surface area contributed by atoms with Crippen LogP contribution in [0.5, 0.6) is 0 Å². The molecule has 2 rings (SSSR count). The molecule has 0 aromatic heterocycles. The summed E-state index contributed by atoms with van der Waals surface area (Å²) in [6, 6.07) is 0. The molecule has 26 heavy (non-hydrogen) atoms. The maximum Gasteiger partial charge on any atom is 0.330 e. The quantitative estimate of drug-likeness (QED) is 0.645. The lowest BCUT2D eigenvalue weighted by Gasteiger charge is -2.30. The molecular weight excluding hydrogens is 340 g/mol. The van der Waals surface area contributed by atoms with Gasteiger partial charge in [-0.2, -0.15) is 0 Å². The molecule has 5 unspecified atom stereocenters. The Kier molecular flexibility index (Phi) is 6.47. The molecule has 0 radical (unpaired) electrons. The van der Waals surface area contributed by atoms with Crippen LogP contribution in [0, 0.1) is 11.8 Å². The highest BCUT2D eigenvalue weighted by Crippen LogP contribution is 2.32. The van der Waals surface area contributed by atoms with Crippen molar-refractivity contribution in [3.8, 4) is 0 Å². The van der Waals surface area contributed by atoms with E-state index in [-0.39, 0.29) is 24.4 Å². The number of ketones is 2.